The molecule has 124 valence electrons. The van der Waals surface area contributed by atoms with Gasteiger partial charge in [0.15, 0.2) is 0 Å². The molecule has 1 aliphatic heterocycles. The number of hydrogen-bond donors (Lipinski definition) is 1. The van der Waals surface area contributed by atoms with Crippen molar-refractivity contribution in [3.8, 4) is 0 Å². The van der Waals surface area contributed by atoms with Gasteiger partial charge in [0.05, 0.1) is 18.0 Å². The summed E-state index contributed by atoms with van der Waals surface area (Å²) in [6, 6.07) is 5.93. The molecule has 0 aliphatic carbocycles. The lowest BCUT2D eigenvalue weighted by atomic mass is 10.1. The third kappa shape index (κ3) is 3.85. The second-order valence-corrected chi connectivity index (χ2v) is 5.42. The maximum absolute atomic E-state index is 13.8. The fourth-order valence-electron chi connectivity index (χ4n) is 2.69. The summed E-state index contributed by atoms with van der Waals surface area (Å²) in [5, 5.41) is 8.73. The largest absolute Gasteiger partial charge is 0.481 e. The molecule has 2 rings (SSSR count). The lowest BCUT2D eigenvalue weighted by Gasteiger charge is -2.23. The minimum atomic E-state index is -0.980. The van der Waals surface area contributed by atoms with E-state index >= 15 is 0 Å². The van der Waals surface area contributed by atoms with Crippen molar-refractivity contribution in [2.45, 2.75) is 19.8 Å². The molecule has 0 radical (unpaired) electrons. The highest BCUT2D eigenvalue weighted by Crippen LogP contribution is 2.28. The number of amides is 2. The van der Waals surface area contributed by atoms with Gasteiger partial charge in [0, 0.05) is 26.1 Å². The summed E-state index contributed by atoms with van der Waals surface area (Å²) in [7, 11) is 0. The van der Waals surface area contributed by atoms with Crippen LogP contribution in [0, 0.1) is 11.7 Å². The Kier molecular flexibility index (Phi) is 5.31. The number of halogens is 1. The van der Waals surface area contributed by atoms with E-state index in [-0.39, 0.29) is 43.4 Å². The number of anilines is 1. The van der Waals surface area contributed by atoms with E-state index in [1.165, 1.54) is 28.0 Å². The number of rotatable bonds is 6. The van der Waals surface area contributed by atoms with E-state index in [0.717, 1.165) is 0 Å². The third-order valence-electron chi connectivity index (χ3n) is 3.91. The first-order valence-electron chi connectivity index (χ1n) is 7.49. The van der Waals surface area contributed by atoms with Crippen molar-refractivity contribution in [3.05, 3.63) is 30.1 Å². The first kappa shape index (κ1) is 16.9. The van der Waals surface area contributed by atoms with Gasteiger partial charge in [-0.25, -0.2) is 4.39 Å². The van der Waals surface area contributed by atoms with E-state index in [9.17, 15) is 18.8 Å². The lowest BCUT2D eigenvalue weighted by Crippen LogP contribution is -2.38. The topological polar surface area (TPSA) is 77.9 Å². The molecule has 2 amide bonds. The molecule has 0 saturated carbocycles. The van der Waals surface area contributed by atoms with Gasteiger partial charge < -0.3 is 14.9 Å². The smallest absolute Gasteiger partial charge is 0.305 e. The molecule has 1 fully saturated rings. The summed E-state index contributed by atoms with van der Waals surface area (Å²) in [6.07, 6.45) is -0.131. The first-order valence-corrected chi connectivity index (χ1v) is 7.49. The number of hydrogen-bond acceptors (Lipinski definition) is 3. The Morgan fingerprint density at radius 2 is 2.09 bits per heavy atom. The normalized spacial score (nSPS) is 17.4. The Morgan fingerprint density at radius 3 is 2.70 bits per heavy atom. The molecule has 0 bridgehead atoms. The van der Waals surface area contributed by atoms with Crippen LogP contribution in [0.5, 0.6) is 0 Å². The molecule has 1 aromatic rings. The van der Waals surface area contributed by atoms with E-state index in [2.05, 4.69) is 0 Å². The Balaban J connectivity index is 2.08. The highest BCUT2D eigenvalue weighted by atomic mass is 19.1. The second kappa shape index (κ2) is 7.21. The number of nitrogens with zero attached hydrogens (tertiary/aromatic N) is 2. The standard InChI is InChI=1S/C16H19FN2O4/c1-2-18(8-7-15(21)22)16(23)11-9-14(20)19(10-11)13-6-4-3-5-12(13)17/h3-6,11H,2,7-10H2,1H3,(H,21,22). The van der Waals surface area contributed by atoms with E-state index in [1.54, 1.807) is 13.0 Å². The number of carbonyl (C=O) groups excluding carboxylic acids is 2. The van der Waals surface area contributed by atoms with E-state index in [0.29, 0.717) is 6.54 Å². The average molecular weight is 322 g/mol. The van der Waals surface area contributed by atoms with Crippen LogP contribution in [-0.4, -0.2) is 47.4 Å². The average Bonchev–Trinajstić information content (AvgIpc) is 2.89. The van der Waals surface area contributed by atoms with Crippen LogP contribution in [0.15, 0.2) is 24.3 Å². The molecule has 1 atom stereocenters. The zero-order valence-electron chi connectivity index (χ0n) is 12.9. The van der Waals surface area contributed by atoms with Gasteiger partial charge in [0.2, 0.25) is 11.8 Å². The van der Waals surface area contributed by atoms with Crippen LogP contribution in [0.3, 0.4) is 0 Å². The molecule has 1 aliphatic rings. The van der Waals surface area contributed by atoms with Crippen LogP contribution in [-0.2, 0) is 14.4 Å². The van der Waals surface area contributed by atoms with Crippen molar-refractivity contribution >= 4 is 23.5 Å². The number of carbonyl (C=O) groups is 3. The Bertz CT molecular complexity index is 620. The molecule has 1 saturated heterocycles. The van der Waals surface area contributed by atoms with Gasteiger partial charge in [0.1, 0.15) is 5.82 Å². The number of carboxylic acid groups (broad SMARTS) is 1. The number of benzene rings is 1. The van der Waals surface area contributed by atoms with Crippen LogP contribution in [0.1, 0.15) is 19.8 Å². The predicted molar refractivity (Wildman–Crippen MR) is 81.4 cm³/mol. The summed E-state index contributed by atoms with van der Waals surface area (Å²) < 4.78 is 13.8. The number of carboxylic acids is 1. The summed E-state index contributed by atoms with van der Waals surface area (Å²) in [6.45, 7) is 2.35. The zero-order chi connectivity index (χ0) is 17.0. The van der Waals surface area contributed by atoms with Gasteiger partial charge in [-0.1, -0.05) is 12.1 Å². The Morgan fingerprint density at radius 1 is 1.39 bits per heavy atom. The summed E-state index contributed by atoms with van der Waals surface area (Å²) in [4.78, 5) is 37.9. The molecule has 1 heterocycles. The van der Waals surface area contributed by atoms with Gasteiger partial charge in [0.25, 0.3) is 0 Å². The zero-order valence-corrected chi connectivity index (χ0v) is 12.9. The molecular formula is C16H19FN2O4. The highest BCUT2D eigenvalue weighted by Gasteiger charge is 2.37. The maximum Gasteiger partial charge on any atom is 0.305 e. The van der Waals surface area contributed by atoms with E-state index in [4.69, 9.17) is 5.11 Å². The predicted octanol–water partition coefficient (Wildman–Crippen LogP) is 1.50. The van der Waals surface area contributed by atoms with E-state index < -0.39 is 17.7 Å². The minimum absolute atomic E-state index is 0.0107. The Labute approximate surface area is 133 Å². The van der Waals surface area contributed by atoms with Crippen molar-refractivity contribution in [1.29, 1.82) is 0 Å². The van der Waals surface area contributed by atoms with Crippen molar-refractivity contribution in [1.82, 2.24) is 4.90 Å². The van der Waals surface area contributed by atoms with Gasteiger partial charge in [-0.3, -0.25) is 14.4 Å². The minimum Gasteiger partial charge on any atom is -0.481 e. The third-order valence-corrected chi connectivity index (χ3v) is 3.91. The lowest BCUT2D eigenvalue weighted by molar-refractivity contribution is -0.139. The SMILES string of the molecule is CCN(CCC(=O)O)C(=O)C1CC(=O)N(c2ccccc2F)C1. The summed E-state index contributed by atoms with van der Waals surface area (Å²) in [5.41, 5.74) is 0.168. The number of aliphatic carboxylic acids is 1. The van der Waals surface area contributed by atoms with Crippen LogP contribution in [0.25, 0.3) is 0 Å². The van der Waals surface area contributed by atoms with Crippen LogP contribution < -0.4 is 4.90 Å². The van der Waals surface area contributed by atoms with Gasteiger partial charge in [-0.05, 0) is 19.1 Å². The van der Waals surface area contributed by atoms with E-state index in [1.807, 2.05) is 0 Å². The van der Waals surface area contributed by atoms with Crippen molar-refractivity contribution in [3.63, 3.8) is 0 Å². The first-order chi connectivity index (χ1) is 10.9. The second-order valence-electron chi connectivity index (χ2n) is 5.42. The molecule has 6 nitrogen and oxygen atoms in total. The maximum atomic E-state index is 13.8. The molecule has 0 aromatic heterocycles. The van der Waals surface area contributed by atoms with Crippen molar-refractivity contribution in [2.75, 3.05) is 24.5 Å². The quantitative estimate of drug-likeness (QED) is 0.861. The van der Waals surface area contributed by atoms with Crippen molar-refractivity contribution in [2.24, 2.45) is 5.92 Å². The molecule has 1 N–H and O–H groups in total. The van der Waals surface area contributed by atoms with Crippen molar-refractivity contribution < 1.29 is 23.9 Å². The summed E-state index contributed by atoms with van der Waals surface area (Å²) >= 11 is 0. The van der Waals surface area contributed by atoms with Gasteiger partial charge in [-0.2, -0.15) is 0 Å². The van der Waals surface area contributed by atoms with Crippen LogP contribution in [0.4, 0.5) is 10.1 Å². The van der Waals surface area contributed by atoms with Gasteiger partial charge >= 0.3 is 5.97 Å². The Hall–Kier alpha value is -2.44. The summed E-state index contributed by atoms with van der Waals surface area (Å²) in [5.74, 6) is -2.63. The fourth-order valence-corrected chi connectivity index (χ4v) is 2.69. The molecule has 7 heteroatoms. The highest BCUT2D eigenvalue weighted by molar-refractivity contribution is 6.00. The molecule has 1 unspecified atom stereocenters. The molecule has 0 spiro atoms. The van der Waals surface area contributed by atoms with Gasteiger partial charge in [-0.15, -0.1) is 0 Å². The van der Waals surface area contributed by atoms with Crippen LogP contribution >= 0.6 is 0 Å². The number of para-hydroxylation sites is 1. The monoisotopic (exact) mass is 322 g/mol. The molecule has 1 aromatic carbocycles. The fraction of sp³-hybridized carbons (Fsp3) is 0.438. The molecule has 23 heavy (non-hydrogen) atoms. The molecular weight excluding hydrogens is 303 g/mol. The van der Waals surface area contributed by atoms with Crippen LogP contribution in [0.2, 0.25) is 0 Å².